The van der Waals surface area contributed by atoms with E-state index >= 15 is 0 Å². The molecule has 4 heteroatoms. The second-order valence-corrected chi connectivity index (χ2v) is 6.82. The molecule has 0 heterocycles. The molecule has 4 nitrogen and oxygen atoms in total. The first kappa shape index (κ1) is 18.0. The molecule has 1 atom stereocenters. The molecule has 0 aromatic heterocycles. The Kier molecular flexibility index (Phi) is 7.76. The number of carbonyl (C=O) groups is 2. The van der Waals surface area contributed by atoms with Gasteiger partial charge in [-0.2, -0.15) is 0 Å². The van der Waals surface area contributed by atoms with E-state index in [1.54, 1.807) is 0 Å². The average molecular weight is 297 g/mol. The van der Waals surface area contributed by atoms with Crippen molar-refractivity contribution in [1.82, 2.24) is 5.32 Å². The Morgan fingerprint density at radius 2 is 1.81 bits per heavy atom. The predicted molar refractivity (Wildman–Crippen MR) is 84.0 cm³/mol. The van der Waals surface area contributed by atoms with E-state index in [9.17, 15) is 9.59 Å². The number of unbranched alkanes of at least 4 members (excludes halogenated alkanes) is 1. The molecule has 2 N–H and O–H groups in total. The van der Waals surface area contributed by atoms with Crippen molar-refractivity contribution in [2.75, 3.05) is 0 Å². The van der Waals surface area contributed by atoms with Crippen molar-refractivity contribution in [2.24, 2.45) is 17.8 Å². The monoisotopic (exact) mass is 297 g/mol. The van der Waals surface area contributed by atoms with Crippen LogP contribution in [0.25, 0.3) is 0 Å². The quantitative estimate of drug-likeness (QED) is 0.719. The van der Waals surface area contributed by atoms with Gasteiger partial charge in [-0.05, 0) is 37.5 Å². The van der Waals surface area contributed by atoms with Crippen molar-refractivity contribution < 1.29 is 14.7 Å². The van der Waals surface area contributed by atoms with Gasteiger partial charge in [-0.15, -0.1) is 0 Å². The molecule has 1 amide bonds. The van der Waals surface area contributed by atoms with E-state index in [1.807, 2.05) is 13.8 Å². The van der Waals surface area contributed by atoms with Crippen LogP contribution in [0.15, 0.2) is 0 Å². The van der Waals surface area contributed by atoms with Crippen LogP contribution < -0.4 is 5.32 Å². The van der Waals surface area contributed by atoms with Gasteiger partial charge >= 0.3 is 5.97 Å². The van der Waals surface area contributed by atoms with Crippen LogP contribution in [0.1, 0.15) is 72.1 Å². The predicted octanol–water partition coefficient (Wildman–Crippen LogP) is 3.60. The third-order valence-corrected chi connectivity index (χ3v) is 4.71. The first-order valence-corrected chi connectivity index (χ1v) is 8.46. The van der Waals surface area contributed by atoms with E-state index in [-0.39, 0.29) is 30.2 Å². The zero-order valence-corrected chi connectivity index (χ0v) is 13.7. The largest absolute Gasteiger partial charge is 0.481 e. The fourth-order valence-corrected chi connectivity index (χ4v) is 3.15. The molecule has 1 unspecified atom stereocenters. The lowest BCUT2D eigenvalue weighted by molar-refractivity contribution is -0.138. The van der Waals surface area contributed by atoms with Crippen molar-refractivity contribution in [3.8, 4) is 0 Å². The van der Waals surface area contributed by atoms with Gasteiger partial charge in [0.25, 0.3) is 0 Å². The zero-order chi connectivity index (χ0) is 15.8. The minimum Gasteiger partial charge on any atom is -0.481 e. The number of aliphatic carboxylic acids is 1. The van der Waals surface area contributed by atoms with E-state index in [0.29, 0.717) is 0 Å². The third kappa shape index (κ3) is 6.49. The van der Waals surface area contributed by atoms with E-state index in [0.717, 1.165) is 31.6 Å². The van der Waals surface area contributed by atoms with Gasteiger partial charge < -0.3 is 10.4 Å². The van der Waals surface area contributed by atoms with Gasteiger partial charge in [0.05, 0.1) is 6.42 Å². The summed E-state index contributed by atoms with van der Waals surface area (Å²) in [7, 11) is 0. The Morgan fingerprint density at radius 1 is 1.19 bits per heavy atom. The number of hydrogen-bond donors (Lipinski definition) is 2. The molecule has 0 aliphatic heterocycles. The van der Waals surface area contributed by atoms with Crippen LogP contribution in [0.2, 0.25) is 0 Å². The molecule has 122 valence electrons. The Balaban J connectivity index is 2.40. The molecule has 0 aromatic rings. The maximum Gasteiger partial charge on any atom is 0.305 e. The van der Waals surface area contributed by atoms with Crippen molar-refractivity contribution in [3.63, 3.8) is 0 Å². The maximum absolute atomic E-state index is 12.3. The lowest BCUT2D eigenvalue weighted by Crippen LogP contribution is -2.43. The highest BCUT2D eigenvalue weighted by Crippen LogP contribution is 2.32. The Bertz CT molecular complexity index is 333. The molecule has 1 fully saturated rings. The number of carboxylic acid groups (broad SMARTS) is 1. The molecule has 1 aliphatic rings. The molecular weight excluding hydrogens is 266 g/mol. The summed E-state index contributed by atoms with van der Waals surface area (Å²) in [4.78, 5) is 23.2. The molecule has 1 aliphatic carbocycles. The molecule has 21 heavy (non-hydrogen) atoms. The third-order valence-electron chi connectivity index (χ3n) is 4.71. The van der Waals surface area contributed by atoms with Crippen LogP contribution in [0.3, 0.4) is 0 Å². The van der Waals surface area contributed by atoms with Crippen LogP contribution in [-0.2, 0) is 9.59 Å². The van der Waals surface area contributed by atoms with Gasteiger partial charge in [-0.1, -0.05) is 40.0 Å². The topological polar surface area (TPSA) is 66.4 Å². The average Bonchev–Trinajstić information content (AvgIpc) is 2.44. The lowest BCUT2D eigenvalue weighted by Gasteiger charge is -2.30. The fraction of sp³-hybridized carbons (Fsp3) is 0.882. The molecule has 1 saturated carbocycles. The summed E-state index contributed by atoms with van der Waals surface area (Å²) in [5.74, 6) is 0.221. The first-order valence-electron chi connectivity index (χ1n) is 8.46. The minimum absolute atomic E-state index is 0.00918. The standard InChI is InChI=1S/C17H31NO3/c1-4-5-6-13-7-9-14(10-8-13)17(21)18-15(12(2)3)11-16(19)20/h12-15H,4-11H2,1-3H3,(H,18,21)(H,19,20). The summed E-state index contributed by atoms with van der Waals surface area (Å²) >= 11 is 0. The molecule has 0 aromatic carbocycles. The summed E-state index contributed by atoms with van der Waals surface area (Å²) in [6.07, 6.45) is 8.03. The highest BCUT2D eigenvalue weighted by Gasteiger charge is 2.28. The van der Waals surface area contributed by atoms with Crippen LogP contribution in [-0.4, -0.2) is 23.0 Å². The molecule has 1 rings (SSSR count). The van der Waals surface area contributed by atoms with Gasteiger partial charge in [-0.25, -0.2) is 0 Å². The molecule has 0 saturated heterocycles. The normalized spacial score (nSPS) is 23.8. The second kappa shape index (κ2) is 9.06. The molecule has 0 bridgehead atoms. The number of carboxylic acids is 1. The smallest absolute Gasteiger partial charge is 0.305 e. The van der Waals surface area contributed by atoms with Crippen LogP contribution >= 0.6 is 0 Å². The number of rotatable bonds is 8. The Morgan fingerprint density at radius 3 is 2.29 bits per heavy atom. The van der Waals surface area contributed by atoms with Crippen molar-refractivity contribution in [1.29, 1.82) is 0 Å². The van der Waals surface area contributed by atoms with Gasteiger partial charge in [0.15, 0.2) is 0 Å². The molecule has 0 spiro atoms. The molecular formula is C17H31NO3. The lowest BCUT2D eigenvalue weighted by atomic mass is 9.79. The first-order chi connectivity index (χ1) is 9.93. The van der Waals surface area contributed by atoms with E-state index < -0.39 is 5.97 Å². The number of hydrogen-bond acceptors (Lipinski definition) is 2. The van der Waals surface area contributed by atoms with E-state index in [1.165, 1.54) is 19.3 Å². The van der Waals surface area contributed by atoms with Crippen LogP contribution in [0.5, 0.6) is 0 Å². The second-order valence-electron chi connectivity index (χ2n) is 6.82. The van der Waals surface area contributed by atoms with Crippen LogP contribution in [0, 0.1) is 17.8 Å². The van der Waals surface area contributed by atoms with Crippen LogP contribution in [0.4, 0.5) is 0 Å². The van der Waals surface area contributed by atoms with Gasteiger partial charge in [0, 0.05) is 12.0 Å². The van der Waals surface area contributed by atoms with Crippen molar-refractivity contribution >= 4 is 11.9 Å². The summed E-state index contributed by atoms with van der Waals surface area (Å²) in [6.45, 7) is 6.12. The number of carbonyl (C=O) groups excluding carboxylic acids is 1. The Hall–Kier alpha value is -1.06. The Labute approximate surface area is 128 Å². The van der Waals surface area contributed by atoms with Gasteiger partial charge in [-0.3, -0.25) is 9.59 Å². The summed E-state index contributed by atoms with van der Waals surface area (Å²) in [5.41, 5.74) is 0. The molecule has 0 radical (unpaired) electrons. The summed E-state index contributed by atoms with van der Waals surface area (Å²) in [5, 5.41) is 11.9. The highest BCUT2D eigenvalue weighted by molar-refractivity contribution is 5.79. The van der Waals surface area contributed by atoms with Gasteiger partial charge in [0.1, 0.15) is 0 Å². The SMILES string of the molecule is CCCCC1CCC(C(=O)NC(CC(=O)O)C(C)C)CC1. The summed E-state index contributed by atoms with van der Waals surface area (Å²) < 4.78 is 0. The van der Waals surface area contributed by atoms with Crippen molar-refractivity contribution in [3.05, 3.63) is 0 Å². The summed E-state index contributed by atoms with van der Waals surface area (Å²) in [6, 6.07) is -0.257. The van der Waals surface area contributed by atoms with E-state index in [4.69, 9.17) is 5.11 Å². The van der Waals surface area contributed by atoms with Gasteiger partial charge in [0.2, 0.25) is 5.91 Å². The zero-order valence-electron chi connectivity index (χ0n) is 13.7. The minimum atomic E-state index is -0.850. The van der Waals surface area contributed by atoms with Crippen molar-refractivity contribution in [2.45, 2.75) is 78.2 Å². The fourth-order valence-electron chi connectivity index (χ4n) is 3.15. The van der Waals surface area contributed by atoms with E-state index in [2.05, 4.69) is 12.2 Å². The number of amides is 1. The highest BCUT2D eigenvalue weighted by atomic mass is 16.4. The number of nitrogens with one attached hydrogen (secondary N) is 1. The maximum atomic E-state index is 12.3.